The molecule has 0 unspecified atom stereocenters. The summed E-state index contributed by atoms with van der Waals surface area (Å²) in [5.41, 5.74) is 3.86. The maximum absolute atomic E-state index is 13.3. The summed E-state index contributed by atoms with van der Waals surface area (Å²) < 4.78 is 81.7. The Hall–Kier alpha value is -7.35. The van der Waals surface area contributed by atoms with Crippen molar-refractivity contribution in [3.8, 4) is 22.5 Å². The highest BCUT2D eigenvalue weighted by Crippen LogP contribution is 2.37. The van der Waals surface area contributed by atoms with Gasteiger partial charge in [-0.25, -0.2) is 38.9 Å². The van der Waals surface area contributed by atoms with Crippen LogP contribution in [0.2, 0.25) is 0 Å². The number of hydrogen-bond acceptors (Lipinski definition) is 11. The maximum Gasteiger partial charge on any atom is 0.417 e. The van der Waals surface area contributed by atoms with Gasteiger partial charge in [0.25, 0.3) is 11.1 Å². The Labute approximate surface area is 321 Å². The van der Waals surface area contributed by atoms with Gasteiger partial charge in [0.2, 0.25) is 11.9 Å². The number of hydrogen-bond donors (Lipinski definition) is 2. The monoisotopic (exact) mass is 804 g/mol. The smallest absolute Gasteiger partial charge is 0.368 e. The number of fused-ring (bicyclic) bond motifs is 2. The van der Waals surface area contributed by atoms with E-state index in [4.69, 9.17) is 17.3 Å². The van der Waals surface area contributed by atoms with Crippen LogP contribution in [0.3, 0.4) is 0 Å². The van der Waals surface area contributed by atoms with Gasteiger partial charge in [-0.3, -0.25) is 14.9 Å². The summed E-state index contributed by atoms with van der Waals surface area (Å²) in [6.45, 7) is 0. The Bertz CT molecular complexity index is 2670. The van der Waals surface area contributed by atoms with Gasteiger partial charge in [0, 0.05) is 48.3 Å². The molecule has 1 amide bonds. The fourth-order valence-electron chi connectivity index (χ4n) is 5.09. The molecule has 0 saturated carbocycles. The van der Waals surface area contributed by atoms with E-state index in [1.807, 2.05) is 0 Å². The Morgan fingerprint density at radius 1 is 0.614 bits per heavy atom. The molecule has 8 rings (SSSR count). The number of benzene rings is 2. The zero-order chi connectivity index (χ0) is 40.7. The maximum atomic E-state index is 13.3. The fourth-order valence-corrected chi connectivity index (χ4v) is 5.22. The normalized spacial score (nSPS) is 11.3. The second-order valence-corrected chi connectivity index (χ2v) is 11.6. The Kier molecular flexibility index (Phi) is 11.4. The third-order valence-corrected chi connectivity index (χ3v) is 7.79. The second kappa shape index (κ2) is 16.6. The lowest BCUT2D eigenvalue weighted by atomic mass is 10.0. The number of alkyl halides is 6. The van der Waals surface area contributed by atoms with Gasteiger partial charge in [0.1, 0.15) is 5.56 Å². The van der Waals surface area contributed by atoms with Gasteiger partial charge in [0.15, 0.2) is 11.3 Å². The van der Waals surface area contributed by atoms with Gasteiger partial charge in [-0.05, 0) is 48.0 Å². The first-order valence-corrected chi connectivity index (χ1v) is 16.4. The number of nitrogens with two attached hydrogens (primary N) is 1. The summed E-state index contributed by atoms with van der Waals surface area (Å²) in [4.78, 5) is 47.2. The van der Waals surface area contributed by atoms with Crippen molar-refractivity contribution in [2.45, 2.75) is 12.4 Å². The minimum absolute atomic E-state index is 0.0352. The van der Waals surface area contributed by atoms with E-state index in [0.717, 1.165) is 12.1 Å². The molecule has 8 aromatic rings. The molecule has 6 heterocycles. The van der Waals surface area contributed by atoms with Crippen LogP contribution in [0.15, 0.2) is 122 Å². The molecule has 0 fully saturated rings. The number of halogens is 7. The van der Waals surface area contributed by atoms with Crippen LogP contribution in [0, 0.1) is 0 Å². The van der Waals surface area contributed by atoms with E-state index in [-0.39, 0.29) is 50.9 Å². The number of anilines is 2. The number of nitrogen functional groups attached to an aromatic ring is 1. The van der Waals surface area contributed by atoms with E-state index in [9.17, 15) is 35.9 Å². The van der Waals surface area contributed by atoms with E-state index >= 15 is 0 Å². The summed E-state index contributed by atoms with van der Waals surface area (Å²) in [5, 5.41) is 9.61. The first kappa shape index (κ1) is 39.3. The molecule has 0 aliphatic carbocycles. The topological polar surface area (TPSA) is 184 Å². The van der Waals surface area contributed by atoms with Crippen molar-refractivity contribution in [3.05, 3.63) is 145 Å². The molecule has 288 valence electrons. The lowest BCUT2D eigenvalue weighted by Crippen LogP contribution is -2.14. The lowest BCUT2D eigenvalue weighted by Gasteiger charge is -2.12. The standard InChI is InChI=1S/C18H11F3N6O.C14H7ClF3N3O.C4H5N3/c19-18(20,21)13-5-2-1-4-11(13)14-6-9-27-15(25-14)12(10-24-27)16(28)26-17-22-7-3-8-23-17;15-12(22)9-7-19-21-6-5-11(20-13(9)21)8-3-1-2-4-10(8)14(16,17)18;5-4-6-2-1-3-7-4/h1-10H,(H,22,23,26,28);1-7H;1-3H,(H2,5,6,7). The van der Waals surface area contributed by atoms with Crippen molar-refractivity contribution >= 4 is 45.9 Å². The predicted molar refractivity (Wildman–Crippen MR) is 193 cm³/mol. The number of rotatable bonds is 5. The fraction of sp³-hybridized carbons (Fsp3) is 0.0556. The van der Waals surface area contributed by atoms with Crippen LogP contribution in [-0.4, -0.2) is 60.3 Å². The van der Waals surface area contributed by atoms with Crippen LogP contribution in [-0.2, 0) is 12.4 Å². The van der Waals surface area contributed by atoms with Crippen molar-refractivity contribution < 1.29 is 35.9 Å². The zero-order valence-electron chi connectivity index (χ0n) is 28.6. The van der Waals surface area contributed by atoms with Gasteiger partial charge < -0.3 is 5.73 Å². The number of carbonyl (C=O) groups is 2. The molecule has 0 aliphatic rings. The summed E-state index contributed by atoms with van der Waals surface area (Å²) in [5.74, 6) is -0.164. The van der Waals surface area contributed by atoms with Crippen LogP contribution in [0.5, 0.6) is 0 Å². The third kappa shape index (κ3) is 9.31. The number of nitrogens with zero attached hydrogens (tertiary/aromatic N) is 10. The second-order valence-electron chi connectivity index (χ2n) is 11.3. The van der Waals surface area contributed by atoms with E-state index in [1.165, 1.54) is 94.7 Å². The SMILES string of the molecule is Nc1ncccn1.O=C(Cl)c1cnn2ccc(-c3ccccc3C(F)(F)F)nc12.O=C(Nc1ncccn1)c1cnn2ccc(-c3ccccc3C(F)(F)F)nc12. The highest BCUT2D eigenvalue weighted by atomic mass is 35.5. The van der Waals surface area contributed by atoms with Crippen molar-refractivity contribution in [1.29, 1.82) is 0 Å². The Morgan fingerprint density at radius 3 is 1.49 bits per heavy atom. The average Bonchev–Trinajstić information content (AvgIpc) is 3.83. The molecule has 0 saturated heterocycles. The van der Waals surface area contributed by atoms with E-state index in [1.54, 1.807) is 24.5 Å². The van der Waals surface area contributed by atoms with Gasteiger partial charge in [-0.15, -0.1) is 0 Å². The summed E-state index contributed by atoms with van der Waals surface area (Å²) in [7, 11) is 0. The molecular formula is C36H23ClF6N12O2. The summed E-state index contributed by atoms with van der Waals surface area (Å²) in [6, 6.07) is 16.3. The van der Waals surface area contributed by atoms with E-state index in [2.05, 4.69) is 45.4 Å². The molecule has 14 nitrogen and oxygen atoms in total. The molecule has 0 aliphatic heterocycles. The minimum Gasteiger partial charge on any atom is -0.368 e. The van der Waals surface area contributed by atoms with Crippen LogP contribution in [0.4, 0.5) is 38.2 Å². The Balaban J connectivity index is 0.000000168. The molecule has 21 heteroatoms. The van der Waals surface area contributed by atoms with Crippen LogP contribution < -0.4 is 11.1 Å². The first-order valence-electron chi connectivity index (χ1n) is 16.0. The molecule has 6 aromatic heterocycles. The molecule has 0 spiro atoms. The van der Waals surface area contributed by atoms with Gasteiger partial charge in [-0.1, -0.05) is 36.4 Å². The number of aromatic nitrogens is 10. The number of amides is 1. The van der Waals surface area contributed by atoms with Crippen LogP contribution in [0.25, 0.3) is 33.8 Å². The Morgan fingerprint density at radius 2 is 1.05 bits per heavy atom. The van der Waals surface area contributed by atoms with Gasteiger partial charge >= 0.3 is 12.4 Å². The van der Waals surface area contributed by atoms with Crippen molar-refractivity contribution in [2.75, 3.05) is 11.1 Å². The molecular weight excluding hydrogens is 782 g/mol. The quantitative estimate of drug-likeness (QED) is 0.131. The highest BCUT2D eigenvalue weighted by Gasteiger charge is 2.35. The summed E-state index contributed by atoms with van der Waals surface area (Å²) >= 11 is 5.41. The molecule has 0 bridgehead atoms. The highest BCUT2D eigenvalue weighted by molar-refractivity contribution is 6.68. The van der Waals surface area contributed by atoms with E-state index < -0.39 is 34.6 Å². The van der Waals surface area contributed by atoms with Crippen molar-refractivity contribution in [3.63, 3.8) is 0 Å². The minimum atomic E-state index is -4.53. The van der Waals surface area contributed by atoms with Crippen molar-refractivity contribution in [1.82, 2.24) is 49.1 Å². The average molecular weight is 805 g/mol. The molecule has 0 radical (unpaired) electrons. The lowest BCUT2D eigenvalue weighted by molar-refractivity contribution is -0.137. The summed E-state index contributed by atoms with van der Waals surface area (Å²) in [6.07, 6.45) is 2.45. The number of nitrogens with one attached hydrogen (secondary N) is 1. The molecule has 3 N–H and O–H groups in total. The van der Waals surface area contributed by atoms with Gasteiger partial charge in [-0.2, -0.15) is 36.5 Å². The first-order chi connectivity index (χ1) is 27.2. The molecule has 0 atom stereocenters. The number of carbonyl (C=O) groups excluding carboxylic acids is 2. The molecule has 57 heavy (non-hydrogen) atoms. The van der Waals surface area contributed by atoms with Crippen molar-refractivity contribution in [2.24, 2.45) is 0 Å². The largest absolute Gasteiger partial charge is 0.417 e. The van der Waals surface area contributed by atoms with Crippen LogP contribution in [0.1, 0.15) is 31.8 Å². The predicted octanol–water partition coefficient (Wildman–Crippen LogP) is 7.31. The van der Waals surface area contributed by atoms with Gasteiger partial charge in [0.05, 0.1) is 40.5 Å². The van der Waals surface area contributed by atoms with E-state index in [0.29, 0.717) is 5.95 Å². The van der Waals surface area contributed by atoms with Crippen LogP contribution >= 0.6 is 11.6 Å². The third-order valence-electron chi connectivity index (χ3n) is 7.59. The zero-order valence-corrected chi connectivity index (χ0v) is 29.3. The molecule has 2 aromatic carbocycles.